The first-order valence-corrected chi connectivity index (χ1v) is 10.7. The lowest BCUT2D eigenvalue weighted by Gasteiger charge is -2.15. The molecule has 0 amide bonds. The number of esters is 3. The lowest BCUT2D eigenvalue weighted by Crippen LogP contribution is -2.22. The van der Waals surface area contributed by atoms with Crippen molar-refractivity contribution in [2.45, 2.75) is 60.9 Å². The fraction of sp³-hybridized carbons (Fsp3) is 0.500. The lowest BCUT2D eigenvalue weighted by molar-refractivity contribution is -0.152. The van der Waals surface area contributed by atoms with Crippen LogP contribution in [0.25, 0.3) is 0 Å². The monoisotopic (exact) mass is 462 g/mol. The average molecular weight is 462 g/mol. The normalized spacial score (nSPS) is 12.2. The van der Waals surface area contributed by atoms with Gasteiger partial charge in [0.15, 0.2) is 11.5 Å². The molecule has 0 aromatic carbocycles. The molecule has 0 fully saturated rings. The molecule has 9 heteroatoms. The molecular formula is C24H30O9. The van der Waals surface area contributed by atoms with Crippen molar-refractivity contribution in [3.05, 3.63) is 47.3 Å². The summed E-state index contributed by atoms with van der Waals surface area (Å²) >= 11 is 0. The molecule has 0 N–H and O–H groups in total. The second kappa shape index (κ2) is 11.5. The standard InChI is InChI=1S/C24H30O9/c1-13(2)22(26)29-11-16-7-9-18(31-16)20(25)21(33-24(28)15(5)6)19-10-8-17(32-19)12-30-23(27)14(3)4/h7-10,13-15,21H,11-12H2,1-6H3. The number of hydrogen-bond acceptors (Lipinski definition) is 9. The van der Waals surface area contributed by atoms with E-state index in [0.29, 0.717) is 0 Å². The zero-order valence-corrected chi connectivity index (χ0v) is 19.7. The fourth-order valence-electron chi connectivity index (χ4n) is 2.44. The highest BCUT2D eigenvalue weighted by molar-refractivity contribution is 5.98. The smallest absolute Gasteiger partial charge is 0.309 e. The van der Waals surface area contributed by atoms with E-state index in [-0.39, 0.29) is 48.1 Å². The molecule has 9 nitrogen and oxygen atoms in total. The molecule has 2 aromatic heterocycles. The number of Topliss-reactive ketones (excluding diaryl/α,β-unsaturated/α-hetero) is 1. The van der Waals surface area contributed by atoms with E-state index in [1.165, 1.54) is 24.3 Å². The van der Waals surface area contributed by atoms with Crippen molar-refractivity contribution >= 4 is 23.7 Å². The number of ketones is 1. The molecule has 0 saturated heterocycles. The molecule has 2 aromatic rings. The van der Waals surface area contributed by atoms with Crippen LogP contribution in [0.5, 0.6) is 0 Å². The Labute approximate surface area is 192 Å². The van der Waals surface area contributed by atoms with Gasteiger partial charge in [-0.3, -0.25) is 19.2 Å². The maximum atomic E-state index is 13.1. The highest BCUT2D eigenvalue weighted by Gasteiger charge is 2.32. The Bertz CT molecular complexity index is 978. The summed E-state index contributed by atoms with van der Waals surface area (Å²) in [7, 11) is 0. The molecule has 1 atom stereocenters. The third-order valence-corrected chi connectivity index (χ3v) is 4.45. The van der Waals surface area contributed by atoms with Crippen LogP contribution >= 0.6 is 0 Å². The highest BCUT2D eigenvalue weighted by atomic mass is 16.6. The van der Waals surface area contributed by atoms with Crippen LogP contribution in [-0.4, -0.2) is 23.7 Å². The van der Waals surface area contributed by atoms with Crippen molar-refractivity contribution in [1.29, 1.82) is 0 Å². The SMILES string of the molecule is CC(C)C(=O)OCc1ccc(C(=O)C(OC(=O)C(C)C)c2ccc(COC(=O)C(C)C)o2)o1. The van der Waals surface area contributed by atoms with Crippen LogP contribution in [0.3, 0.4) is 0 Å². The highest BCUT2D eigenvalue weighted by Crippen LogP contribution is 2.27. The van der Waals surface area contributed by atoms with Gasteiger partial charge in [-0.2, -0.15) is 0 Å². The number of carbonyl (C=O) groups excluding carboxylic acids is 4. The lowest BCUT2D eigenvalue weighted by atomic mass is 10.1. The summed E-state index contributed by atoms with van der Waals surface area (Å²) in [6.07, 6.45) is -1.40. The first-order valence-electron chi connectivity index (χ1n) is 10.7. The van der Waals surface area contributed by atoms with Crippen molar-refractivity contribution in [2.75, 3.05) is 0 Å². The number of carbonyl (C=O) groups is 4. The Hall–Kier alpha value is -3.36. The van der Waals surface area contributed by atoms with Gasteiger partial charge in [-0.15, -0.1) is 0 Å². The Morgan fingerprint density at radius 3 is 1.70 bits per heavy atom. The van der Waals surface area contributed by atoms with Gasteiger partial charge in [0.05, 0.1) is 17.8 Å². The Morgan fingerprint density at radius 1 is 0.697 bits per heavy atom. The van der Waals surface area contributed by atoms with Crippen molar-refractivity contribution < 1.29 is 42.2 Å². The molecule has 2 heterocycles. The van der Waals surface area contributed by atoms with Crippen molar-refractivity contribution in [3.63, 3.8) is 0 Å². The zero-order valence-electron chi connectivity index (χ0n) is 19.7. The van der Waals surface area contributed by atoms with Gasteiger partial charge in [-0.05, 0) is 24.3 Å². The molecule has 0 saturated carbocycles. The van der Waals surface area contributed by atoms with Gasteiger partial charge in [0.2, 0.25) is 11.9 Å². The molecule has 33 heavy (non-hydrogen) atoms. The van der Waals surface area contributed by atoms with E-state index in [1.807, 2.05) is 0 Å². The molecular weight excluding hydrogens is 432 g/mol. The molecule has 0 spiro atoms. The molecule has 1 unspecified atom stereocenters. The van der Waals surface area contributed by atoms with Gasteiger partial charge >= 0.3 is 17.9 Å². The maximum absolute atomic E-state index is 13.1. The second-order valence-corrected chi connectivity index (χ2v) is 8.43. The van der Waals surface area contributed by atoms with Crippen LogP contribution in [0.4, 0.5) is 0 Å². The molecule has 0 radical (unpaired) electrons. The van der Waals surface area contributed by atoms with Crippen molar-refractivity contribution in [2.24, 2.45) is 17.8 Å². The Kier molecular flexibility index (Phi) is 9.02. The molecule has 0 aliphatic rings. The summed E-state index contributed by atoms with van der Waals surface area (Å²) in [5, 5.41) is 0. The molecule has 180 valence electrons. The van der Waals surface area contributed by atoms with Gasteiger partial charge in [-0.1, -0.05) is 41.5 Å². The number of ether oxygens (including phenoxy) is 3. The topological polar surface area (TPSA) is 122 Å². The van der Waals surface area contributed by atoms with Crippen LogP contribution in [0.2, 0.25) is 0 Å². The van der Waals surface area contributed by atoms with E-state index in [4.69, 9.17) is 23.0 Å². The second-order valence-electron chi connectivity index (χ2n) is 8.43. The van der Waals surface area contributed by atoms with Gasteiger partial charge < -0.3 is 23.0 Å². The predicted molar refractivity (Wildman–Crippen MR) is 115 cm³/mol. The van der Waals surface area contributed by atoms with E-state index in [9.17, 15) is 19.2 Å². The minimum Gasteiger partial charge on any atom is -0.458 e. The predicted octanol–water partition coefficient (Wildman–Crippen LogP) is 4.39. The van der Waals surface area contributed by atoms with Gasteiger partial charge in [0, 0.05) is 0 Å². The van der Waals surface area contributed by atoms with E-state index in [1.54, 1.807) is 41.5 Å². The van der Waals surface area contributed by atoms with Crippen molar-refractivity contribution in [1.82, 2.24) is 0 Å². The fourth-order valence-corrected chi connectivity index (χ4v) is 2.44. The molecule has 0 aliphatic carbocycles. The summed E-state index contributed by atoms with van der Waals surface area (Å²) in [5.41, 5.74) is 0. The van der Waals surface area contributed by atoms with Crippen molar-refractivity contribution in [3.8, 4) is 0 Å². The van der Waals surface area contributed by atoms with Crippen LogP contribution in [-0.2, 0) is 41.8 Å². The number of rotatable bonds is 11. The van der Waals surface area contributed by atoms with E-state index < -0.39 is 35.7 Å². The summed E-state index contributed by atoms with van der Waals surface area (Å²) in [6, 6.07) is 5.92. The molecule has 2 rings (SSSR count). The third kappa shape index (κ3) is 7.34. The summed E-state index contributed by atoms with van der Waals surface area (Å²) < 4.78 is 26.8. The maximum Gasteiger partial charge on any atom is 0.309 e. The molecule has 0 bridgehead atoms. The van der Waals surface area contributed by atoms with E-state index in [0.717, 1.165) is 0 Å². The quantitative estimate of drug-likeness (QED) is 0.272. The van der Waals surface area contributed by atoms with Gasteiger partial charge in [0.1, 0.15) is 24.7 Å². The first-order chi connectivity index (χ1) is 15.5. The van der Waals surface area contributed by atoms with Crippen LogP contribution in [0.15, 0.2) is 33.1 Å². The third-order valence-electron chi connectivity index (χ3n) is 4.45. The summed E-state index contributed by atoms with van der Waals surface area (Å²) in [6.45, 7) is 9.83. The zero-order chi connectivity index (χ0) is 24.7. The Morgan fingerprint density at radius 2 is 1.18 bits per heavy atom. The Balaban J connectivity index is 2.19. The molecule has 0 aliphatic heterocycles. The minimum absolute atomic E-state index is 0.0637. The van der Waals surface area contributed by atoms with Crippen LogP contribution in [0, 0.1) is 17.8 Å². The van der Waals surface area contributed by atoms with E-state index >= 15 is 0 Å². The average Bonchev–Trinajstić information content (AvgIpc) is 3.42. The number of hydrogen-bond donors (Lipinski definition) is 0. The van der Waals surface area contributed by atoms with Crippen LogP contribution < -0.4 is 0 Å². The minimum atomic E-state index is -1.40. The van der Waals surface area contributed by atoms with E-state index in [2.05, 4.69) is 0 Å². The largest absolute Gasteiger partial charge is 0.458 e. The summed E-state index contributed by atoms with van der Waals surface area (Å²) in [4.78, 5) is 48.6. The van der Waals surface area contributed by atoms with Gasteiger partial charge in [-0.25, -0.2) is 0 Å². The first kappa shape index (κ1) is 25.9. The van der Waals surface area contributed by atoms with Gasteiger partial charge in [0.25, 0.3) is 0 Å². The summed E-state index contributed by atoms with van der Waals surface area (Å²) in [5.74, 6) is -2.59. The van der Waals surface area contributed by atoms with Crippen LogP contribution in [0.1, 0.15) is 75.5 Å². The number of furan rings is 2.